The predicted molar refractivity (Wildman–Crippen MR) is 113 cm³/mol. The van der Waals surface area contributed by atoms with E-state index in [4.69, 9.17) is 0 Å². The molecule has 0 aliphatic heterocycles. The van der Waals surface area contributed by atoms with Gasteiger partial charge in [-0.2, -0.15) is 4.31 Å². The first kappa shape index (κ1) is 22.2. The predicted octanol–water partition coefficient (Wildman–Crippen LogP) is 4.95. The van der Waals surface area contributed by atoms with E-state index in [0.717, 1.165) is 5.56 Å². The summed E-state index contributed by atoms with van der Waals surface area (Å²) in [5, 5.41) is 0.139. The number of hydrogen-bond acceptors (Lipinski definition) is 2. The number of hydrogen-bond donors (Lipinski definition) is 0. The molecule has 0 aliphatic rings. The summed E-state index contributed by atoms with van der Waals surface area (Å²) in [5.41, 5.74) is 4.39. The van der Waals surface area contributed by atoms with Gasteiger partial charge in [-0.25, -0.2) is 8.42 Å². The summed E-state index contributed by atoms with van der Waals surface area (Å²) in [4.78, 5) is 0.279. The van der Waals surface area contributed by atoms with Crippen molar-refractivity contribution in [2.24, 2.45) is 0 Å². The number of sulfonamides is 1. The second-order valence-corrected chi connectivity index (χ2v) is 15.8. The summed E-state index contributed by atoms with van der Waals surface area (Å²) in [6, 6.07) is 6.87. The van der Waals surface area contributed by atoms with Crippen LogP contribution in [0, 0.1) is 18.4 Å². The first-order valence-electron chi connectivity index (χ1n) is 8.17. The minimum Gasteiger partial charge on any atom is -0.207 e. The molecule has 0 bridgehead atoms. The molecule has 25 heavy (non-hydrogen) atoms. The molecule has 1 aromatic carbocycles. The maximum absolute atomic E-state index is 12.9. The van der Waals surface area contributed by atoms with Crippen LogP contribution in [0.5, 0.6) is 0 Å². The molecule has 138 valence electrons. The number of aryl methyl sites for hydroxylation is 1. The minimum absolute atomic E-state index is 0.139. The van der Waals surface area contributed by atoms with Crippen molar-refractivity contribution in [3.63, 3.8) is 0 Å². The van der Waals surface area contributed by atoms with Crippen LogP contribution in [0.2, 0.25) is 18.1 Å². The second-order valence-electron chi connectivity index (χ2n) is 7.78. The maximum Gasteiger partial charge on any atom is 0.244 e. The van der Waals surface area contributed by atoms with Gasteiger partial charge in [0.15, 0.2) is 0 Å². The second kappa shape index (κ2) is 8.21. The van der Waals surface area contributed by atoms with Crippen molar-refractivity contribution >= 4 is 34.0 Å². The van der Waals surface area contributed by atoms with Crippen LogP contribution in [0.15, 0.2) is 40.2 Å². The van der Waals surface area contributed by atoms with Gasteiger partial charge in [0, 0.05) is 11.0 Å². The van der Waals surface area contributed by atoms with E-state index in [1.807, 2.05) is 6.92 Å². The van der Waals surface area contributed by atoms with E-state index in [9.17, 15) is 8.42 Å². The molecule has 1 rings (SSSR count). The number of nitrogens with zero attached hydrogens (tertiary/aromatic N) is 1. The zero-order valence-corrected chi connectivity index (χ0v) is 19.4. The minimum atomic E-state index is -3.61. The van der Waals surface area contributed by atoms with Crippen molar-refractivity contribution in [3.8, 4) is 11.5 Å². The highest BCUT2D eigenvalue weighted by Gasteiger charge is 2.33. The maximum atomic E-state index is 12.9. The summed E-state index contributed by atoms with van der Waals surface area (Å²) < 4.78 is 27.9. The Labute approximate surface area is 162 Å². The lowest BCUT2D eigenvalue weighted by Crippen LogP contribution is -2.36. The highest BCUT2D eigenvalue weighted by atomic mass is 79.9. The molecule has 1 aromatic rings. The first-order chi connectivity index (χ1) is 11.3. The average molecular weight is 442 g/mol. The molecule has 0 atom stereocenters. The molecule has 6 heteroatoms. The van der Waals surface area contributed by atoms with Crippen molar-refractivity contribution in [1.29, 1.82) is 0 Å². The van der Waals surface area contributed by atoms with E-state index < -0.39 is 18.1 Å². The van der Waals surface area contributed by atoms with Gasteiger partial charge in [0.2, 0.25) is 10.0 Å². The lowest BCUT2D eigenvalue weighted by Gasteiger charge is -2.31. The van der Waals surface area contributed by atoms with E-state index in [1.54, 1.807) is 24.3 Å². The third-order valence-electron chi connectivity index (χ3n) is 4.54. The van der Waals surface area contributed by atoms with E-state index in [1.165, 1.54) is 4.31 Å². The Hall–Kier alpha value is -0.873. The number of rotatable bonds is 5. The van der Waals surface area contributed by atoms with Crippen molar-refractivity contribution in [2.75, 3.05) is 13.1 Å². The zero-order chi connectivity index (χ0) is 19.5. The van der Waals surface area contributed by atoms with E-state index in [0.29, 0.717) is 4.48 Å². The molecule has 0 N–H and O–H groups in total. The van der Waals surface area contributed by atoms with Crippen molar-refractivity contribution in [1.82, 2.24) is 4.31 Å². The smallest absolute Gasteiger partial charge is 0.207 e. The van der Waals surface area contributed by atoms with Gasteiger partial charge in [-0.05, 0) is 24.1 Å². The Kier molecular flexibility index (Phi) is 7.28. The van der Waals surface area contributed by atoms with Gasteiger partial charge in [-0.3, -0.25) is 0 Å². The molecule has 0 aliphatic carbocycles. The third kappa shape index (κ3) is 6.10. The Bertz CT molecular complexity index is 781. The summed E-state index contributed by atoms with van der Waals surface area (Å²) in [6.07, 6.45) is 0. The lowest BCUT2D eigenvalue weighted by molar-refractivity contribution is 0.477. The van der Waals surface area contributed by atoms with Crippen molar-refractivity contribution in [2.45, 2.75) is 50.7 Å². The first-order valence-corrected chi connectivity index (χ1v) is 13.4. The highest BCUT2D eigenvalue weighted by Crippen LogP contribution is 2.35. The molecule has 0 aromatic heterocycles. The standard InChI is InChI=1S/C19H28BrNO2SSi/c1-16-9-11-18(12-10-16)24(22,23)21(15-17(2)20)13-8-14-25(6,7)19(3,4)5/h9-12H,2,13,15H2,1,3-7H3. The van der Waals surface area contributed by atoms with Crippen molar-refractivity contribution in [3.05, 3.63) is 40.9 Å². The Balaban J connectivity index is 3.15. The van der Waals surface area contributed by atoms with Crippen molar-refractivity contribution < 1.29 is 8.42 Å². The quantitative estimate of drug-likeness (QED) is 0.478. The molecule has 0 unspecified atom stereocenters. The van der Waals surface area contributed by atoms with Crippen LogP contribution in [-0.4, -0.2) is 33.9 Å². The van der Waals surface area contributed by atoms with Gasteiger partial charge in [0.05, 0.1) is 11.4 Å². The zero-order valence-electron chi connectivity index (χ0n) is 16.0. The fourth-order valence-electron chi connectivity index (χ4n) is 1.81. The molecule has 0 amide bonds. The number of benzene rings is 1. The Morgan fingerprint density at radius 2 is 1.76 bits per heavy atom. The highest BCUT2D eigenvalue weighted by molar-refractivity contribution is 9.11. The van der Waals surface area contributed by atoms with E-state index >= 15 is 0 Å². The largest absolute Gasteiger partial charge is 0.244 e. The lowest BCUT2D eigenvalue weighted by atomic mass is 10.2. The third-order valence-corrected chi connectivity index (χ3v) is 11.1. The molecule has 3 nitrogen and oxygen atoms in total. The van der Waals surface area contributed by atoms with Crippen LogP contribution in [-0.2, 0) is 10.0 Å². The average Bonchev–Trinajstić information content (AvgIpc) is 2.45. The fourth-order valence-corrected chi connectivity index (χ4v) is 4.52. The van der Waals surface area contributed by atoms with E-state index in [-0.39, 0.29) is 23.0 Å². The molecule has 0 heterocycles. The van der Waals surface area contributed by atoms with Crippen LogP contribution < -0.4 is 0 Å². The van der Waals surface area contributed by atoms with Gasteiger partial charge in [-0.15, -0.1) is 5.54 Å². The van der Waals surface area contributed by atoms with Crippen LogP contribution in [0.1, 0.15) is 26.3 Å². The summed E-state index contributed by atoms with van der Waals surface area (Å²) >= 11 is 3.27. The Morgan fingerprint density at radius 3 is 2.20 bits per heavy atom. The molecule has 0 saturated heterocycles. The number of halogens is 1. The van der Waals surface area contributed by atoms with Crippen LogP contribution in [0.3, 0.4) is 0 Å². The summed E-state index contributed by atoms with van der Waals surface area (Å²) in [6.45, 7) is 17.1. The van der Waals surface area contributed by atoms with Gasteiger partial charge < -0.3 is 0 Å². The van der Waals surface area contributed by atoms with Crippen LogP contribution >= 0.6 is 15.9 Å². The SMILES string of the molecule is C=C(Br)CN(CC#C[Si](C)(C)C(C)(C)C)S(=O)(=O)c1ccc(C)cc1. The monoisotopic (exact) mass is 441 g/mol. The normalized spacial score (nSPS) is 12.6. The van der Waals surface area contributed by atoms with Gasteiger partial charge >= 0.3 is 0 Å². The summed E-state index contributed by atoms with van der Waals surface area (Å²) in [5.74, 6) is 3.12. The van der Waals surface area contributed by atoms with Gasteiger partial charge in [-0.1, -0.05) is 80.0 Å². The van der Waals surface area contributed by atoms with Crippen LogP contribution in [0.25, 0.3) is 0 Å². The molecule has 0 fully saturated rings. The van der Waals surface area contributed by atoms with Gasteiger partial charge in [0.25, 0.3) is 0 Å². The molecular formula is C19H28BrNO2SSi. The van der Waals surface area contributed by atoms with Crippen LogP contribution in [0.4, 0.5) is 0 Å². The molecular weight excluding hydrogens is 414 g/mol. The fraction of sp³-hybridized carbons (Fsp3) is 0.474. The Morgan fingerprint density at radius 1 is 1.24 bits per heavy atom. The topological polar surface area (TPSA) is 37.4 Å². The molecule has 0 spiro atoms. The molecule has 0 saturated carbocycles. The molecule has 0 radical (unpaired) electrons. The van der Waals surface area contributed by atoms with Gasteiger partial charge in [0.1, 0.15) is 8.07 Å². The summed E-state index contributed by atoms with van der Waals surface area (Å²) in [7, 11) is -5.38. The van der Waals surface area contributed by atoms with E-state index in [2.05, 4.69) is 67.8 Å².